The van der Waals surface area contributed by atoms with Gasteiger partial charge in [-0.3, -0.25) is 9.36 Å². The standard InChI is InChI=1S/C21H28N6S/c1-6-26-19(11-12-22-26)15(3)23-21(28)24-20-16(4)25-27(17(20)5)13-18-9-7-14(2)8-10-18/h7-12,15H,6,13H2,1-5H3,(H2,23,24,28). The molecule has 0 aliphatic carbocycles. The summed E-state index contributed by atoms with van der Waals surface area (Å²) in [6.45, 7) is 11.9. The maximum Gasteiger partial charge on any atom is 0.171 e. The van der Waals surface area contributed by atoms with E-state index in [2.05, 4.69) is 67.7 Å². The zero-order valence-corrected chi connectivity index (χ0v) is 18.0. The minimum atomic E-state index is 0.0608. The molecule has 3 aromatic rings. The summed E-state index contributed by atoms with van der Waals surface area (Å²) >= 11 is 5.55. The summed E-state index contributed by atoms with van der Waals surface area (Å²) < 4.78 is 3.98. The van der Waals surface area contributed by atoms with E-state index in [0.29, 0.717) is 5.11 Å². The van der Waals surface area contributed by atoms with Crippen LogP contribution in [0.15, 0.2) is 36.5 Å². The van der Waals surface area contributed by atoms with Crippen molar-refractivity contribution in [2.45, 2.75) is 53.8 Å². The molecule has 2 aromatic heterocycles. The molecular formula is C21H28N6S. The van der Waals surface area contributed by atoms with E-state index in [1.165, 1.54) is 11.1 Å². The number of thiocarbonyl (C=S) groups is 1. The number of hydrogen-bond donors (Lipinski definition) is 2. The lowest BCUT2D eigenvalue weighted by atomic mass is 10.1. The molecule has 1 unspecified atom stereocenters. The highest BCUT2D eigenvalue weighted by Gasteiger charge is 2.16. The number of anilines is 1. The molecule has 0 spiro atoms. The van der Waals surface area contributed by atoms with Gasteiger partial charge in [-0.05, 0) is 58.5 Å². The highest BCUT2D eigenvalue weighted by molar-refractivity contribution is 7.80. The Morgan fingerprint density at radius 2 is 1.82 bits per heavy atom. The van der Waals surface area contributed by atoms with E-state index in [1.54, 1.807) is 0 Å². The summed E-state index contributed by atoms with van der Waals surface area (Å²) in [7, 11) is 0. The fourth-order valence-corrected chi connectivity index (χ4v) is 3.57. The van der Waals surface area contributed by atoms with E-state index >= 15 is 0 Å². The van der Waals surface area contributed by atoms with E-state index in [-0.39, 0.29) is 6.04 Å². The van der Waals surface area contributed by atoms with Crippen molar-refractivity contribution in [3.05, 3.63) is 64.7 Å². The topological polar surface area (TPSA) is 59.7 Å². The molecule has 2 N–H and O–H groups in total. The van der Waals surface area contributed by atoms with Crippen molar-refractivity contribution >= 4 is 23.0 Å². The molecule has 0 amide bonds. The van der Waals surface area contributed by atoms with Crippen LogP contribution in [0.2, 0.25) is 0 Å². The molecule has 0 saturated heterocycles. The average Bonchev–Trinajstić information content (AvgIpc) is 3.24. The molecule has 1 atom stereocenters. The van der Waals surface area contributed by atoms with Gasteiger partial charge < -0.3 is 10.6 Å². The maximum atomic E-state index is 5.55. The van der Waals surface area contributed by atoms with Crippen molar-refractivity contribution in [2.75, 3.05) is 5.32 Å². The van der Waals surface area contributed by atoms with Crippen LogP contribution in [0.5, 0.6) is 0 Å². The van der Waals surface area contributed by atoms with Crippen molar-refractivity contribution < 1.29 is 0 Å². The third kappa shape index (κ3) is 4.42. The van der Waals surface area contributed by atoms with Crippen LogP contribution >= 0.6 is 12.2 Å². The van der Waals surface area contributed by atoms with Gasteiger partial charge in [-0.25, -0.2) is 0 Å². The summed E-state index contributed by atoms with van der Waals surface area (Å²) in [6.07, 6.45) is 1.82. The van der Waals surface area contributed by atoms with Crippen LogP contribution in [0, 0.1) is 20.8 Å². The number of nitrogens with zero attached hydrogens (tertiary/aromatic N) is 4. The van der Waals surface area contributed by atoms with Gasteiger partial charge in [0.05, 0.1) is 35.4 Å². The highest BCUT2D eigenvalue weighted by Crippen LogP contribution is 2.21. The number of benzene rings is 1. The average molecular weight is 397 g/mol. The Hall–Kier alpha value is -2.67. The second kappa shape index (κ2) is 8.56. The smallest absolute Gasteiger partial charge is 0.171 e. The monoisotopic (exact) mass is 396 g/mol. The number of aryl methyl sites for hydroxylation is 3. The second-order valence-electron chi connectivity index (χ2n) is 7.08. The zero-order chi connectivity index (χ0) is 20.3. The van der Waals surface area contributed by atoms with E-state index in [4.69, 9.17) is 17.3 Å². The van der Waals surface area contributed by atoms with Gasteiger partial charge in [0.15, 0.2) is 5.11 Å². The van der Waals surface area contributed by atoms with Crippen molar-refractivity contribution in [3.63, 3.8) is 0 Å². The van der Waals surface area contributed by atoms with Gasteiger partial charge >= 0.3 is 0 Å². The summed E-state index contributed by atoms with van der Waals surface area (Å²) in [5.74, 6) is 0. The Morgan fingerprint density at radius 1 is 1.11 bits per heavy atom. The van der Waals surface area contributed by atoms with Crippen molar-refractivity contribution in [1.82, 2.24) is 24.9 Å². The third-order valence-corrected chi connectivity index (χ3v) is 5.13. The lowest BCUT2D eigenvalue weighted by Gasteiger charge is -2.18. The minimum Gasteiger partial charge on any atom is -0.354 e. The fraction of sp³-hybridized carbons (Fsp3) is 0.381. The molecule has 7 heteroatoms. The Balaban J connectivity index is 1.69. The van der Waals surface area contributed by atoms with Gasteiger partial charge in [0, 0.05) is 12.7 Å². The first kappa shape index (κ1) is 20.1. The summed E-state index contributed by atoms with van der Waals surface area (Å²) in [5, 5.41) is 16.3. The Morgan fingerprint density at radius 3 is 2.50 bits per heavy atom. The van der Waals surface area contributed by atoms with Gasteiger partial charge in [-0.1, -0.05) is 29.8 Å². The second-order valence-corrected chi connectivity index (χ2v) is 7.49. The van der Waals surface area contributed by atoms with E-state index in [0.717, 1.165) is 35.9 Å². The molecule has 0 bridgehead atoms. The fourth-order valence-electron chi connectivity index (χ4n) is 3.29. The molecule has 3 rings (SSSR count). The van der Waals surface area contributed by atoms with Crippen molar-refractivity contribution in [1.29, 1.82) is 0 Å². The van der Waals surface area contributed by atoms with E-state index in [1.807, 2.05) is 28.6 Å². The van der Waals surface area contributed by atoms with Crippen LogP contribution in [0.25, 0.3) is 0 Å². The van der Waals surface area contributed by atoms with Gasteiger partial charge in [0.1, 0.15) is 0 Å². The van der Waals surface area contributed by atoms with Crippen LogP contribution < -0.4 is 10.6 Å². The zero-order valence-electron chi connectivity index (χ0n) is 17.2. The Labute approximate surface area is 172 Å². The van der Waals surface area contributed by atoms with Crippen LogP contribution in [-0.4, -0.2) is 24.7 Å². The van der Waals surface area contributed by atoms with Crippen molar-refractivity contribution in [3.8, 4) is 0 Å². The molecule has 1 aromatic carbocycles. The number of rotatable bonds is 6. The van der Waals surface area contributed by atoms with Gasteiger partial charge in [0.25, 0.3) is 0 Å². The van der Waals surface area contributed by atoms with Gasteiger partial charge in [0.2, 0.25) is 0 Å². The molecule has 28 heavy (non-hydrogen) atoms. The predicted molar refractivity (Wildman–Crippen MR) is 118 cm³/mol. The molecular weight excluding hydrogens is 368 g/mol. The van der Waals surface area contributed by atoms with Crippen LogP contribution in [0.4, 0.5) is 5.69 Å². The number of aromatic nitrogens is 4. The number of nitrogens with one attached hydrogen (secondary N) is 2. The lowest BCUT2D eigenvalue weighted by Crippen LogP contribution is -2.32. The largest absolute Gasteiger partial charge is 0.354 e. The molecule has 0 aliphatic rings. The normalized spacial score (nSPS) is 12.0. The van der Waals surface area contributed by atoms with E-state index < -0.39 is 0 Å². The maximum absolute atomic E-state index is 5.55. The molecule has 148 valence electrons. The molecule has 2 heterocycles. The first-order chi connectivity index (χ1) is 13.4. The van der Waals surface area contributed by atoms with Gasteiger partial charge in [-0.15, -0.1) is 0 Å². The summed E-state index contributed by atoms with van der Waals surface area (Å²) in [4.78, 5) is 0. The molecule has 0 fully saturated rings. The van der Waals surface area contributed by atoms with Crippen LogP contribution in [0.3, 0.4) is 0 Å². The third-order valence-electron chi connectivity index (χ3n) is 4.91. The van der Waals surface area contributed by atoms with Crippen LogP contribution in [0.1, 0.15) is 48.1 Å². The quantitative estimate of drug-likeness (QED) is 0.614. The van der Waals surface area contributed by atoms with Crippen LogP contribution in [-0.2, 0) is 13.1 Å². The lowest BCUT2D eigenvalue weighted by molar-refractivity contribution is 0.568. The molecule has 0 radical (unpaired) electrons. The van der Waals surface area contributed by atoms with E-state index in [9.17, 15) is 0 Å². The molecule has 0 aliphatic heterocycles. The Bertz CT molecular complexity index is 954. The predicted octanol–water partition coefficient (Wildman–Crippen LogP) is 4.12. The Kier molecular flexibility index (Phi) is 6.14. The van der Waals surface area contributed by atoms with Crippen molar-refractivity contribution in [2.24, 2.45) is 0 Å². The SMILES string of the molecule is CCn1nccc1C(C)NC(=S)Nc1c(C)nn(Cc2ccc(C)cc2)c1C. The van der Waals surface area contributed by atoms with Gasteiger partial charge in [-0.2, -0.15) is 10.2 Å². The summed E-state index contributed by atoms with van der Waals surface area (Å²) in [5.41, 5.74) is 6.55. The molecule has 6 nitrogen and oxygen atoms in total. The first-order valence-electron chi connectivity index (χ1n) is 9.57. The molecule has 0 saturated carbocycles. The highest BCUT2D eigenvalue weighted by atomic mass is 32.1. The first-order valence-corrected chi connectivity index (χ1v) is 9.98. The minimum absolute atomic E-state index is 0.0608. The number of hydrogen-bond acceptors (Lipinski definition) is 3. The summed E-state index contributed by atoms with van der Waals surface area (Å²) in [6, 6.07) is 10.6.